The quantitative estimate of drug-likeness (QED) is 0.780. The van der Waals surface area contributed by atoms with Crippen LogP contribution in [0.4, 0.5) is 5.82 Å². The van der Waals surface area contributed by atoms with Gasteiger partial charge in [-0.3, -0.25) is 0 Å². The van der Waals surface area contributed by atoms with Gasteiger partial charge in [-0.25, -0.2) is 9.97 Å². The van der Waals surface area contributed by atoms with Gasteiger partial charge in [-0.1, -0.05) is 27.7 Å². The molecule has 0 fully saturated rings. The maximum atomic E-state index is 5.51. The summed E-state index contributed by atoms with van der Waals surface area (Å²) in [5, 5.41) is 3.40. The smallest absolute Gasteiger partial charge is 0.131 e. The molecule has 0 amide bonds. The van der Waals surface area contributed by atoms with Crippen molar-refractivity contribution in [1.29, 1.82) is 0 Å². The molecule has 3 N–H and O–H groups in total. The maximum absolute atomic E-state index is 5.51. The Morgan fingerprint density at radius 3 is 2.72 bits per heavy atom. The van der Waals surface area contributed by atoms with Crippen molar-refractivity contribution in [1.82, 2.24) is 9.97 Å². The fourth-order valence-electron chi connectivity index (χ4n) is 2.25. The van der Waals surface area contributed by atoms with Crippen LogP contribution in [-0.2, 0) is 6.42 Å². The van der Waals surface area contributed by atoms with Crippen LogP contribution >= 0.6 is 0 Å². The molecule has 0 bridgehead atoms. The molecule has 1 aromatic heterocycles. The van der Waals surface area contributed by atoms with Crippen molar-refractivity contribution >= 4 is 5.82 Å². The molecule has 1 heterocycles. The Morgan fingerprint density at radius 2 is 2.11 bits per heavy atom. The van der Waals surface area contributed by atoms with E-state index in [0.717, 1.165) is 24.6 Å². The van der Waals surface area contributed by atoms with Crippen molar-refractivity contribution in [3.8, 4) is 0 Å². The molecule has 0 aromatic carbocycles. The zero-order chi connectivity index (χ0) is 13.6. The molecule has 1 rings (SSSR count). The lowest BCUT2D eigenvalue weighted by atomic mass is 9.84. The average Bonchev–Trinajstić information content (AvgIpc) is 2.26. The van der Waals surface area contributed by atoms with Crippen LogP contribution in [0, 0.1) is 11.3 Å². The Kier molecular flexibility index (Phi) is 5.54. The first-order chi connectivity index (χ1) is 8.43. The summed E-state index contributed by atoms with van der Waals surface area (Å²) in [6, 6.07) is 1.91. The van der Waals surface area contributed by atoms with E-state index in [2.05, 4.69) is 43.0 Å². The van der Waals surface area contributed by atoms with E-state index in [0.29, 0.717) is 12.5 Å². The molecule has 0 unspecified atom stereocenters. The van der Waals surface area contributed by atoms with E-state index in [1.165, 1.54) is 6.42 Å². The molecule has 0 atom stereocenters. The molecule has 102 valence electrons. The first-order valence-corrected chi connectivity index (χ1v) is 6.69. The van der Waals surface area contributed by atoms with Gasteiger partial charge in [-0.05, 0) is 30.4 Å². The number of rotatable bonds is 7. The third-order valence-corrected chi connectivity index (χ3v) is 2.78. The summed E-state index contributed by atoms with van der Waals surface area (Å²) in [5.41, 5.74) is 5.78. The van der Waals surface area contributed by atoms with Crippen LogP contribution in [0.3, 0.4) is 0 Å². The van der Waals surface area contributed by atoms with Gasteiger partial charge in [0, 0.05) is 19.2 Å². The second kappa shape index (κ2) is 6.69. The van der Waals surface area contributed by atoms with E-state index in [1.807, 2.05) is 6.07 Å². The second-order valence-corrected chi connectivity index (χ2v) is 6.01. The third-order valence-electron chi connectivity index (χ3n) is 2.78. The summed E-state index contributed by atoms with van der Waals surface area (Å²) in [6.07, 6.45) is 3.71. The Labute approximate surface area is 110 Å². The second-order valence-electron chi connectivity index (χ2n) is 6.01. The number of nitrogens with one attached hydrogen (secondary N) is 1. The molecule has 0 aliphatic carbocycles. The molecule has 0 aliphatic rings. The minimum absolute atomic E-state index is 0.271. The molecule has 1 aromatic rings. The summed E-state index contributed by atoms with van der Waals surface area (Å²) in [5.74, 6) is 2.41. The number of anilines is 1. The summed E-state index contributed by atoms with van der Waals surface area (Å²) < 4.78 is 0. The van der Waals surface area contributed by atoms with E-state index < -0.39 is 0 Å². The van der Waals surface area contributed by atoms with Gasteiger partial charge >= 0.3 is 0 Å². The molecule has 4 heteroatoms. The molecule has 18 heavy (non-hydrogen) atoms. The SMILES string of the molecule is CC(C)CC(C)(C)CNc1ccnc(CCN)n1. The van der Waals surface area contributed by atoms with Crippen LogP contribution in [0.1, 0.15) is 39.9 Å². The van der Waals surface area contributed by atoms with Crippen LogP contribution < -0.4 is 11.1 Å². The standard InChI is InChI=1S/C14H26N4/c1-11(2)9-14(3,4)10-17-13-6-8-16-12(18-13)5-7-15/h6,8,11H,5,7,9-10,15H2,1-4H3,(H,16,17,18). The van der Waals surface area contributed by atoms with Gasteiger partial charge in [-0.15, -0.1) is 0 Å². The molecule has 0 aliphatic heterocycles. The molecule has 0 saturated heterocycles. The Hall–Kier alpha value is -1.16. The summed E-state index contributed by atoms with van der Waals surface area (Å²) in [6.45, 7) is 10.6. The zero-order valence-electron chi connectivity index (χ0n) is 12.0. The number of hydrogen-bond donors (Lipinski definition) is 2. The fraction of sp³-hybridized carbons (Fsp3) is 0.714. The topological polar surface area (TPSA) is 63.8 Å². The monoisotopic (exact) mass is 250 g/mol. The van der Waals surface area contributed by atoms with E-state index in [-0.39, 0.29) is 5.41 Å². The predicted molar refractivity (Wildman–Crippen MR) is 76.5 cm³/mol. The van der Waals surface area contributed by atoms with Crippen LogP contribution in [0.15, 0.2) is 12.3 Å². The van der Waals surface area contributed by atoms with Gasteiger partial charge in [0.1, 0.15) is 11.6 Å². The highest BCUT2D eigenvalue weighted by atomic mass is 15.0. The van der Waals surface area contributed by atoms with Gasteiger partial charge in [0.2, 0.25) is 0 Å². The van der Waals surface area contributed by atoms with Crippen molar-refractivity contribution in [3.05, 3.63) is 18.1 Å². The van der Waals surface area contributed by atoms with Gasteiger partial charge in [0.15, 0.2) is 0 Å². The number of nitrogens with zero attached hydrogens (tertiary/aromatic N) is 2. The van der Waals surface area contributed by atoms with E-state index in [1.54, 1.807) is 6.20 Å². The highest BCUT2D eigenvalue weighted by molar-refractivity contribution is 5.33. The van der Waals surface area contributed by atoms with Gasteiger partial charge in [0.25, 0.3) is 0 Å². The first kappa shape index (κ1) is 14.9. The number of nitrogens with two attached hydrogens (primary N) is 1. The molecular formula is C14H26N4. The summed E-state index contributed by atoms with van der Waals surface area (Å²) in [7, 11) is 0. The van der Waals surface area contributed by atoms with E-state index in [9.17, 15) is 0 Å². The van der Waals surface area contributed by atoms with Gasteiger partial charge in [-0.2, -0.15) is 0 Å². The highest BCUT2D eigenvalue weighted by Gasteiger charge is 2.19. The highest BCUT2D eigenvalue weighted by Crippen LogP contribution is 2.25. The maximum Gasteiger partial charge on any atom is 0.131 e. The third kappa shape index (κ3) is 5.45. The van der Waals surface area contributed by atoms with Crippen molar-refractivity contribution in [2.75, 3.05) is 18.4 Å². The molecular weight excluding hydrogens is 224 g/mol. The van der Waals surface area contributed by atoms with E-state index >= 15 is 0 Å². The van der Waals surface area contributed by atoms with Crippen molar-refractivity contribution in [2.24, 2.45) is 17.1 Å². The van der Waals surface area contributed by atoms with E-state index in [4.69, 9.17) is 5.73 Å². The largest absolute Gasteiger partial charge is 0.369 e. The first-order valence-electron chi connectivity index (χ1n) is 6.69. The fourth-order valence-corrected chi connectivity index (χ4v) is 2.25. The number of hydrogen-bond acceptors (Lipinski definition) is 4. The predicted octanol–water partition coefficient (Wildman–Crippen LogP) is 2.46. The Morgan fingerprint density at radius 1 is 1.39 bits per heavy atom. The minimum Gasteiger partial charge on any atom is -0.369 e. The summed E-state index contributed by atoms with van der Waals surface area (Å²) >= 11 is 0. The Balaban J connectivity index is 2.54. The number of aromatic nitrogens is 2. The molecule has 0 spiro atoms. The van der Waals surface area contributed by atoms with Crippen LogP contribution in [0.5, 0.6) is 0 Å². The average molecular weight is 250 g/mol. The minimum atomic E-state index is 0.271. The van der Waals surface area contributed by atoms with Crippen molar-refractivity contribution < 1.29 is 0 Å². The van der Waals surface area contributed by atoms with Crippen molar-refractivity contribution in [2.45, 2.75) is 40.5 Å². The van der Waals surface area contributed by atoms with Crippen molar-refractivity contribution in [3.63, 3.8) is 0 Å². The van der Waals surface area contributed by atoms with Crippen LogP contribution in [0.25, 0.3) is 0 Å². The zero-order valence-corrected chi connectivity index (χ0v) is 12.0. The lowest BCUT2D eigenvalue weighted by molar-refractivity contribution is 0.306. The molecule has 4 nitrogen and oxygen atoms in total. The lowest BCUT2D eigenvalue weighted by Gasteiger charge is -2.27. The molecule has 0 radical (unpaired) electrons. The normalized spacial score (nSPS) is 11.9. The van der Waals surface area contributed by atoms with Gasteiger partial charge < -0.3 is 11.1 Å². The lowest BCUT2D eigenvalue weighted by Crippen LogP contribution is -2.25. The van der Waals surface area contributed by atoms with Crippen LogP contribution in [-0.4, -0.2) is 23.1 Å². The Bertz CT molecular complexity index is 361. The van der Waals surface area contributed by atoms with Crippen LogP contribution in [0.2, 0.25) is 0 Å². The molecule has 0 saturated carbocycles. The van der Waals surface area contributed by atoms with Gasteiger partial charge in [0.05, 0.1) is 0 Å². The summed E-state index contributed by atoms with van der Waals surface area (Å²) in [4.78, 5) is 8.63.